The van der Waals surface area contributed by atoms with Crippen LogP contribution in [0.5, 0.6) is 0 Å². The largest absolute Gasteiger partial charge is 0.0771 e. The molecule has 0 heteroatoms. The van der Waals surface area contributed by atoms with Crippen molar-refractivity contribution in [3.05, 3.63) is 24.3 Å². The van der Waals surface area contributed by atoms with Crippen molar-refractivity contribution < 1.29 is 0 Å². The molecule has 0 spiro atoms. The van der Waals surface area contributed by atoms with Gasteiger partial charge >= 0.3 is 0 Å². The van der Waals surface area contributed by atoms with Gasteiger partial charge in [-0.05, 0) is 18.3 Å². The Morgan fingerprint density at radius 3 is 2.17 bits per heavy atom. The third kappa shape index (κ3) is 1.80. The minimum atomic E-state index is 0.498. The molecule has 0 fully saturated rings. The average molecular weight is 164 g/mol. The lowest BCUT2D eigenvalue weighted by Crippen LogP contribution is -2.22. The Bertz CT molecular complexity index is 176. The Labute approximate surface area is 76.4 Å². The summed E-state index contributed by atoms with van der Waals surface area (Å²) in [4.78, 5) is 0. The van der Waals surface area contributed by atoms with Crippen LogP contribution < -0.4 is 0 Å². The minimum absolute atomic E-state index is 0.498. The van der Waals surface area contributed by atoms with Crippen molar-refractivity contribution in [2.45, 2.75) is 40.0 Å². The molecule has 0 bridgehead atoms. The Morgan fingerprint density at radius 1 is 1.17 bits per heavy atom. The minimum Gasteiger partial charge on any atom is -0.0771 e. The number of allylic oxidation sites excluding steroid dienone is 4. The molecule has 1 rings (SSSR count). The maximum absolute atomic E-state index is 2.40. The Morgan fingerprint density at radius 2 is 1.75 bits per heavy atom. The van der Waals surface area contributed by atoms with Crippen LogP contribution in [0, 0.1) is 11.3 Å². The zero-order chi connectivity index (χ0) is 9.03. The molecule has 0 radical (unpaired) electrons. The van der Waals surface area contributed by atoms with Crippen LogP contribution in [-0.2, 0) is 0 Å². The smallest absolute Gasteiger partial charge is 0.000653 e. The molecule has 0 amide bonds. The van der Waals surface area contributed by atoms with Gasteiger partial charge in [0.1, 0.15) is 0 Å². The summed E-state index contributed by atoms with van der Waals surface area (Å²) in [5.74, 6) is 0.683. The SMILES string of the molecule is CCCC(C)(CC)C1C=CC=C1. The highest BCUT2D eigenvalue weighted by Gasteiger charge is 2.28. The zero-order valence-corrected chi connectivity index (χ0v) is 8.51. The van der Waals surface area contributed by atoms with E-state index in [0.717, 1.165) is 0 Å². The predicted octanol–water partition coefficient (Wildman–Crippen LogP) is 3.95. The average Bonchev–Trinajstić information content (AvgIpc) is 2.57. The van der Waals surface area contributed by atoms with Crippen LogP contribution in [0.4, 0.5) is 0 Å². The summed E-state index contributed by atoms with van der Waals surface area (Å²) in [5, 5.41) is 0. The molecule has 1 atom stereocenters. The van der Waals surface area contributed by atoms with Crippen LogP contribution in [0.2, 0.25) is 0 Å². The van der Waals surface area contributed by atoms with E-state index in [9.17, 15) is 0 Å². The van der Waals surface area contributed by atoms with E-state index in [2.05, 4.69) is 45.1 Å². The quantitative estimate of drug-likeness (QED) is 0.590. The van der Waals surface area contributed by atoms with Gasteiger partial charge in [0.05, 0.1) is 0 Å². The lowest BCUT2D eigenvalue weighted by atomic mass is 9.72. The molecular formula is C12H20. The molecule has 0 N–H and O–H groups in total. The molecule has 1 aliphatic rings. The second kappa shape index (κ2) is 3.93. The molecule has 0 aromatic rings. The maximum Gasteiger partial charge on any atom is 0.000653 e. The molecule has 0 heterocycles. The van der Waals surface area contributed by atoms with E-state index in [1.807, 2.05) is 0 Å². The summed E-state index contributed by atoms with van der Waals surface area (Å²) in [6.45, 7) is 6.98. The first kappa shape index (κ1) is 9.57. The van der Waals surface area contributed by atoms with Crippen molar-refractivity contribution in [2.24, 2.45) is 11.3 Å². The summed E-state index contributed by atoms with van der Waals surface area (Å²) < 4.78 is 0. The maximum atomic E-state index is 2.40. The summed E-state index contributed by atoms with van der Waals surface area (Å²) in [6.07, 6.45) is 12.9. The van der Waals surface area contributed by atoms with E-state index in [1.54, 1.807) is 0 Å². The third-order valence-corrected chi connectivity index (χ3v) is 3.18. The monoisotopic (exact) mass is 164 g/mol. The molecule has 0 aromatic carbocycles. The van der Waals surface area contributed by atoms with Crippen LogP contribution in [0.1, 0.15) is 40.0 Å². The molecule has 0 aliphatic heterocycles. The van der Waals surface area contributed by atoms with E-state index in [-0.39, 0.29) is 0 Å². The fourth-order valence-electron chi connectivity index (χ4n) is 2.05. The van der Waals surface area contributed by atoms with Crippen molar-refractivity contribution in [2.75, 3.05) is 0 Å². The van der Waals surface area contributed by atoms with E-state index >= 15 is 0 Å². The fourth-order valence-corrected chi connectivity index (χ4v) is 2.05. The highest BCUT2D eigenvalue weighted by molar-refractivity contribution is 5.20. The standard InChI is InChI=1S/C12H20/c1-4-10-12(3,5-2)11-8-6-7-9-11/h6-9,11H,4-5,10H2,1-3H3. The molecule has 12 heavy (non-hydrogen) atoms. The van der Waals surface area contributed by atoms with E-state index in [4.69, 9.17) is 0 Å². The lowest BCUT2D eigenvalue weighted by Gasteiger charge is -2.32. The molecule has 0 aromatic heterocycles. The fraction of sp³-hybridized carbons (Fsp3) is 0.667. The van der Waals surface area contributed by atoms with Crippen LogP contribution >= 0.6 is 0 Å². The molecule has 0 nitrogen and oxygen atoms in total. The first-order valence-corrected chi connectivity index (χ1v) is 5.08. The molecule has 0 saturated heterocycles. The first-order valence-electron chi connectivity index (χ1n) is 5.08. The Hall–Kier alpha value is -0.520. The van der Waals surface area contributed by atoms with Crippen LogP contribution in [0.3, 0.4) is 0 Å². The Balaban J connectivity index is 2.65. The highest BCUT2D eigenvalue weighted by Crippen LogP contribution is 2.39. The van der Waals surface area contributed by atoms with Gasteiger partial charge in [-0.25, -0.2) is 0 Å². The normalized spacial score (nSPS) is 21.6. The second-order valence-corrected chi connectivity index (χ2v) is 4.05. The van der Waals surface area contributed by atoms with Crippen LogP contribution in [0.25, 0.3) is 0 Å². The number of hydrogen-bond donors (Lipinski definition) is 0. The van der Waals surface area contributed by atoms with E-state index < -0.39 is 0 Å². The summed E-state index contributed by atoms with van der Waals surface area (Å²) in [7, 11) is 0. The Kier molecular flexibility index (Phi) is 3.13. The first-order chi connectivity index (χ1) is 5.73. The zero-order valence-electron chi connectivity index (χ0n) is 8.51. The summed E-state index contributed by atoms with van der Waals surface area (Å²) in [5.41, 5.74) is 0.498. The molecular weight excluding hydrogens is 144 g/mol. The van der Waals surface area contributed by atoms with Crippen molar-refractivity contribution in [3.8, 4) is 0 Å². The number of rotatable bonds is 4. The van der Waals surface area contributed by atoms with Gasteiger partial charge in [0, 0.05) is 5.92 Å². The summed E-state index contributed by atoms with van der Waals surface area (Å²) in [6, 6.07) is 0. The van der Waals surface area contributed by atoms with Crippen molar-refractivity contribution in [1.29, 1.82) is 0 Å². The van der Waals surface area contributed by atoms with Crippen LogP contribution in [0.15, 0.2) is 24.3 Å². The van der Waals surface area contributed by atoms with Gasteiger partial charge in [0.25, 0.3) is 0 Å². The van der Waals surface area contributed by atoms with E-state index in [0.29, 0.717) is 11.3 Å². The second-order valence-electron chi connectivity index (χ2n) is 4.05. The van der Waals surface area contributed by atoms with Gasteiger partial charge in [-0.1, -0.05) is 51.5 Å². The van der Waals surface area contributed by atoms with Crippen LogP contribution in [-0.4, -0.2) is 0 Å². The van der Waals surface area contributed by atoms with E-state index in [1.165, 1.54) is 19.3 Å². The van der Waals surface area contributed by atoms with Gasteiger partial charge < -0.3 is 0 Å². The highest BCUT2D eigenvalue weighted by atomic mass is 14.3. The molecule has 1 aliphatic carbocycles. The van der Waals surface area contributed by atoms with Crippen molar-refractivity contribution in [1.82, 2.24) is 0 Å². The van der Waals surface area contributed by atoms with Gasteiger partial charge in [0.2, 0.25) is 0 Å². The summed E-state index contributed by atoms with van der Waals surface area (Å²) >= 11 is 0. The molecule has 0 saturated carbocycles. The number of hydrogen-bond acceptors (Lipinski definition) is 0. The third-order valence-electron chi connectivity index (χ3n) is 3.18. The molecule has 68 valence electrons. The van der Waals surface area contributed by atoms with Crippen molar-refractivity contribution in [3.63, 3.8) is 0 Å². The topological polar surface area (TPSA) is 0 Å². The van der Waals surface area contributed by atoms with Crippen molar-refractivity contribution >= 4 is 0 Å². The van der Waals surface area contributed by atoms with Gasteiger partial charge in [-0.2, -0.15) is 0 Å². The molecule has 1 unspecified atom stereocenters. The predicted molar refractivity (Wildman–Crippen MR) is 55.1 cm³/mol. The van der Waals surface area contributed by atoms with Gasteiger partial charge in [-0.15, -0.1) is 0 Å². The van der Waals surface area contributed by atoms with Gasteiger partial charge in [-0.3, -0.25) is 0 Å². The lowest BCUT2D eigenvalue weighted by molar-refractivity contribution is 0.232. The van der Waals surface area contributed by atoms with Gasteiger partial charge in [0.15, 0.2) is 0 Å².